The Bertz CT molecular complexity index is 154. The van der Waals surface area contributed by atoms with Crippen molar-refractivity contribution in [2.45, 2.75) is 4.90 Å². The topological polar surface area (TPSA) is 12.9 Å². The van der Waals surface area contributed by atoms with E-state index in [1.54, 1.807) is 12.4 Å². The van der Waals surface area contributed by atoms with E-state index in [2.05, 4.69) is 4.98 Å². The molecule has 0 bridgehead atoms. The van der Waals surface area contributed by atoms with Gasteiger partial charge >= 0.3 is 0 Å². The van der Waals surface area contributed by atoms with Crippen LogP contribution in [0.5, 0.6) is 0 Å². The number of pyridine rings is 1. The summed E-state index contributed by atoms with van der Waals surface area (Å²) in [5.74, 6) is 0. The molecule has 1 heterocycles. The van der Waals surface area contributed by atoms with Crippen molar-refractivity contribution >= 4 is 21.7 Å². The minimum atomic E-state index is 1.03. The molecule has 0 fully saturated rings. The van der Waals surface area contributed by atoms with E-state index < -0.39 is 0 Å². The summed E-state index contributed by atoms with van der Waals surface area (Å²) in [6.45, 7) is 0. The lowest BCUT2D eigenvalue weighted by Crippen LogP contribution is -1.66. The lowest BCUT2D eigenvalue weighted by atomic mass is 10.5. The van der Waals surface area contributed by atoms with Gasteiger partial charge in [0.15, 0.2) is 0 Å². The number of aromatic nitrogens is 1. The van der Waals surface area contributed by atoms with E-state index in [0.29, 0.717) is 0 Å². The van der Waals surface area contributed by atoms with Crippen LogP contribution in [0.4, 0.5) is 0 Å². The van der Waals surface area contributed by atoms with E-state index in [9.17, 15) is 0 Å². The Labute approximate surface area is 56.6 Å². The molecule has 0 saturated heterocycles. The number of rotatable bonds is 1. The molecule has 0 unspecified atom stereocenters. The van der Waals surface area contributed by atoms with E-state index in [1.807, 2.05) is 12.1 Å². The quantitative estimate of drug-likeness (QED) is 0.602. The summed E-state index contributed by atoms with van der Waals surface area (Å²) in [6.07, 6.45) is 3.43. The van der Waals surface area contributed by atoms with Crippen molar-refractivity contribution < 1.29 is 0 Å². The van der Waals surface area contributed by atoms with Gasteiger partial charge in [0.2, 0.25) is 0 Å². The molecular formula is C5H4ClNS. The van der Waals surface area contributed by atoms with Crippen LogP contribution in [0, 0.1) is 0 Å². The third-order valence-corrected chi connectivity index (χ3v) is 1.72. The van der Waals surface area contributed by atoms with Gasteiger partial charge in [-0.2, -0.15) is 0 Å². The van der Waals surface area contributed by atoms with Crippen molar-refractivity contribution in [1.29, 1.82) is 0 Å². The predicted molar refractivity (Wildman–Crippen MR) is 35.9 cm³/mol. The summed E-state index contributed by atoms with van der Waals surface area (Å²) in [7, 11) is 6.62. The third-order valence-electron chi connectivity index (χ3n) is 0.739. The zero-order valence-corrected chi connectivity index (χ0v) is 5.62. The first-order chi connectivity index (χ1) is 3.93. The molecule has 0 aromatic carbocycles. The number of hydrogen-bond donors (Lipinski definition) is 0. The van der Waals surface area contributed by atoms with Gasteiger partial charge in [-0.05, 0) is 33.8 Å². The highest BCUT2D eigenvalue weighted by Crippen LogP contribution is 2.19. The van der Waals surface area contributed by atoms with Crippen LogP contribution < -0.4 is 0 Å². The molecule has 1 nitrogen and oxygen atoms in total. The summed E-state index contributed by atoms with van der Waals surface area (Å²) in [5.41, 5.74) is 0. The van der Waals surface area contributed by atoms with Gasteiger partial charge in [0, 0.05) is 17.3 Å². The monoisotopic (exact) mass is 145 g/mol. The molecule has 1 aromatic rings. The van der Waals surface area contributed by atoms with Crippen LogP contribution in [-0.4, -0.2) is 4.98 Å². The second kappa shape index (κ2) is 2.95. The second-order valence-electron chi connectivity index (χ2n) is 1.26. The van der Waals surface area contributed by atoms with Gasteiger partial charge in [-0.15, -0.1) is 0 Å². The fourth-order valence-corrected chi connectivity index (χ4v) is 0.923. The molecule has 0 amide bonds. The second-order valence-corrected chi connectivity index (χ2v) is 2.35. The van der Waals surface area contributed by atoms with Crippen molar-refractivity contribution in [1.82, 2.24) is 4.98 Å². The van der Waals surface area contributed by atoms with Gasteiger partial charge < -0.3 is 0 Å². The van der Waals surface area contributed by atoms with Gasteiger partial charge in [-0.1, -0.05) is 0 Å². The van der Waals surface area contributed by atoms with E-state index in [4.69, 9.17) is 10.7 Å². The van der Waals surface area contributed by atoms with Gasteiger partial charge in [0.05, 0.1) is 0 Å². The molecule has 42 valence electrons. The Morgan fingerprint density at radius 2 is 2.00 bits per heavy atom. The molecular weight excluding hydrogens is 142 g/mol. The summed E-state index contributed by atoms with van der Waals surface area (Å²) >= 11 is 0. The maximum absolute atomic E-state index is 5.42. The molecule has 0 radical (unpaired) electrons. The number of nitrogens with zero attached hydrogens (tertiary/aromatic N) is 1. The van der Waals surface area contributed by atoms with Crippen molar-refractivity contribution in [2.75, 3.05) is 0 Å². The Balaban J connectivity index is 2.83. The van der Waals surface area contributed by atoms with Crippen LogP contribution in [0.2, 0.25) is 0 Å². The summed E-state index contributed by atoms with van der Waals surface area (Å²) in [6, 6.07) is 3.72. The Hall–Kier alpha value is -0.210. The SMILES string of the molecule is ClSc1ccncc1. The first-order valence-corrected chi connectivity index (χ1v) is 3.76. The van der Waals surface area contributed by atoms with Crippen molar-refractivity contribution in [3.05, 3.63) is 24.5 Å². The molecule has 3 heteroatoms. The highest BCUT2D eigenvalue weighted by atomic mass is 35.7. The molecule has 0 N–H and O–H groups in total. The number of hydrogen-bond acceptors (Lipinski definition) is 2. The summed E-state index contributed by atoms with van der Waals surface area (Å²) < 4.78 is 0. The zero-order chi connectivity index (χ0) is 5.82. The van der Waals surface area contributed by atoms with Crippen LogP contribution in [-0.2, 0) is 0 Å². The molecule has 0 saturated carbocycles. The van der Waals surface area contributed by atoms with Gasteiger partial charge in [-0.3, -0.25) is 4.98 Å². The minimum Gasteiger partial charge on any atom is -0.265 e. The zero-order valence-electron chi connectivity index (χ0n) is 4.04. The van der Waals surface area contributed by atoms with Crippen LogP contribution in [0.1, 0.15) is 0 Å². The number of halogens is 1. The molecule has 1 rings (SSSR count). The van der Waals surface area contributed by atoms with E-state index in [0.717, 1.165) is 4.90 Å². The minimum absolute atomic E-state index is 1.03. The lowest BCUT2D eigenvalue weighted by molar-refractivity contribution is 1.27. The molecule has 0 aliphatic heterocycles. The maximum atomic E-state index is 5.42. The molecule has 0 spiro atoms. The highest BCUT2D eigenvalue weighted by molar-refractivity contribution is 8.21. The van der Waals surface area contributed by atoms with Crippen molar-refractivity contribution in [3.8, 4) is 0 Å². The highest BCUT2D eigenvalue weighted by Gasteiger charge is 1.83. The predicted octanol–water partition coefficient (Wildman–Crippen LogP) is 2.33. The van der Waals surface area contributed by atoms with Gasteiger partial charge in [-0.25, -0.2) is 0 Å². The van der Waals surface area contributed by atoms with Gasteiger partial charge in [0.25, 0.3) is 0 Å². The molecule has 0 atom stereocenters. The van der Waals surface area contributed by atoms with Crippen LogP contribution >= 0.6 is 21.7 Å². The van der Waals surface area contributed by atoms with Crippen molar-refractivity contribution in [2.24, 2.45) is 0 Å². The van der Waals surface area contributed by atoms with Crippen molar-refractivity contribution in [3.63, 3.8) is 0 Å². The standard InChI is InChI=1S/C5H4ClNS/c6-8-5-1-3-7-4-2-5/h1-4H. The van der Waals surface area contributed by atoms with Crippen LogP contribution in [0.3, 0.4) is 0 Å². The molecule has 1 aromatic heterocycles. The Morgan fingerprint density at radius 1 is 1.38 bits per heavy atom. The maximum Gasteiger partial charge on any atom is 0.0279 e. The Morgan fingerprint density at radius 3 is 2.38 bits per heavy atom. The Kier molecular flexibility index (Phi) is 2.18. The molecule has 0 aliphatic carbocycles. The molecule has 0 aliphatic rings. The lowest BCUT2D eigenvalue weighted by Gasteiger charge is -1.86. The average molecular weight is 146 g/mol. The van der Waals surface area contributed by atoms with E-state index in [1.165, 1.54) is 11.0 Å². The smallest absolute Gasteiger partial charge is 0.0279 e. The normalized spacial score (nSPS) is 9.12. The van der Waals surface area contributed by atoms with E-state index >= 15 is 0 Å². The van der Waals surface area contributed by atoms with Crippen LogP contribution in [0.25, 0.3) is 0 Å². The van der Waals surface area contributed by atoms with E-state index in [-0.39, 0.29) is 0 Å². The average Bonchev–Trinajstić information content (AvgIpc) is 1.90. The third kappa shape index (κ3) is 1.39. The fraction of sp³-hybridized carbons (Fsp3) is 0. The van der Waals surface area contributed by atoms with Gasteiger partial charge in [0.1, 0.15) is 0 Å². The largest absolute Gasteiger partial charge is 0.265 e. The van der Waals surface area contributed by atoms with Crippen LogP contribution in [0.15, 0.2) is 29.4 Å². The summed E-state index contributed by atoms with van der Waals surface area (Å²) in [4.78, 5) is 4.85. The fourth-order valence-electron chi connectivity index (χ4n) is 0.390. The summed E-state index contributed by atoms with van der Waals surface area (Å²) in [5, 5.41) is 0. The first kappa shape index (κ1) is 5.92. The molecule has 8 heavy (non-hydrogen) atoms. The first-order valence-electron chi connectivity index (χ1n) is 2.12.